The average Bonchev–Trinajstić information content (AvgIpc) is 3.66. The molecule has 0 radical (unpaired) electrons. The molecule has 3 rings (SSSR count). The average molecular weight is 1010 g/mol. The maximum absolute atomic E-state index is 12.5. The van der Waals surface area contributed by atoms with Crippen molar-refractivity contribution in [2.24, 2.45) is 11.8 Å². The summed E-state index contributed by atoms with van der Waals surface area (Å²) in [6.45, 7) is 25.7. The zero-order chi connectivity index (χ0) is 51.3. The number of allylic oxidation sites excluding steroid dienone is 2. The SMILES string of the molecule is CCCCCCC#CCC(CCCC)CCc1ccccc1C1=C(CC)C(CCCC)=C(c2ccccc2CCC(CC#CCCCCCC)CCCC)[N+]1=[N-].[CH2-]CCCCCC.[CH2-]CCCCCC.[Ni+2]. The van der Waals surface area contributed by atoms with Gasteiger partial charge in [-0.15, -0.1) is 23.7 Å². The molecule has 402 valence electrons. The van der Waals surface area contributed by atoms with E-state index in [9.17, 15) is 5.53 Å². The Hall–Kier alpha value is -2.87. The summed E-state index contributed by atoms with van der Waals surface area (Å²) in [5.74, 6) is 15.4. The summed E-state index contributed by atoms with van der Waals surface area (Å²) >= 11 is 0. The summed E-state index contributed by atoms with van der Waals surface area (Å²) in [6, 6.07) is 17.8. The van der Waals surface area contributed by atoms with Gasteiger partial charge in [-0.25, -0.2) is 4.70 Å². The molecule has 0 aliphatic carbocycles. The first kappa shape index (κ1) is 68.1. The predicted molar refractivity (Wildman–Crippen MR) is 313 cm³/mol. The Morgan fingerprint density at radius 1 is 0.423 bits per heavy atom. The largest absolute Gasteiger partial charge is 2.00 e. The molecule has 2 aromatic rings. The van der Waals surface area contributed by atoms with Gasteiger partial charge in [-0.3, -0.25) is 0 Å². The number of benzene rings is 2. The first-order valence-electron chi connectivity index (χ1n) is 30.0. The fourth-order valence-electron chi connectivity index (χ4n) is 9.65. The molecule has 0 aromatic heterocycles. The van der Waals surface area contributed by atoms with E-state index >= 15 is 0 Å². The third kappa shape index (κ3) is 30.2. The summed E-state index contributed by atoms with van der Waals surface area (Å²) in [4.78, 5) is 0. The van der Waals surface area contributed by atoms with Crippen LogP contribution in [-0.4, -0.2) is 4.70 Å². The van der Waals surface area contributed by atoms with Gasteiger partial charge in [0, 0.05) is 48.0 Å². The van der Waals surface area contributed by atoms with Crippen molar-refractivity contribution >= 4 is 11.4 Å². The van der Waals surface area contributed by atoms with E-state index in [0.717, 1.165) is 101 Å². The van der Waals surface area contributed by atoms with Crippen LogP contribution in [-0.2, 0) is 29.3 Å². The van der Waals surface area contributed by atoms with E-state index in [4.69, 9.17) is 0 Å². The molecule has 2 unspecified atom stereocenters. The molecular formula is C68H110N2Ni. The number of unbranched alkanes of at least 4 members (excludes halogenated alkanes) is 19. The van der Waals surface area contributed by atoms with Crippen LogP contribution in [0.15, 0.2) is 59.7 Å². The monoisotopic (exact) mass is 1010 g/mol. The van der Waals surface area contributed by atoms with Gasteiger partial charge in [0.05, 0.1) is 0 Å². The van der Waals surface area contributed by atoms with Crippen LogP contribution in [0.1, 0.15) is 296 Å². The van der Waals surface area contributed by atoms with E-state index in [2.05, 4.69) is 141 Å². The first-order valence-corrected chi connectivity index (χ1v) is 30.0. The molecule has 2 nitrogen and oxygen atoms in total. The Morgan fingerprint density at radius 2 is 0.803 bits per heavy atom. The zero-order valence-corrected chi connectivity index (χ0v) is 48.8. The van der Waals surface area contributed by atoms with Crippen LogP contribution in [0, 0.1) is 49.4 Å². The zero-order valence-electron chi connectivity index (χ0n) is 47.9. The van der Waals surface area contributed by atoms with Crippen LogP contribution >= 0.6 is 0 Å². The Bertz CT molecular complexity index is 1770. The first-order chi connectivity index (χ1) is 34.4. The van der Waals surface area contributed by atoms with E-state index in [1.807, 2.05) is 0 Å². The van der Waals surface area contributed by atoms with Crippen molar-refractivity contribution in [3.63, 3.8) is 0 Å². The fourth-order valence-corrected chi connectivity index (χ4v) is 9.65. The predicted octanol–water partition coefficient (Wildman–Crippen LogP) is 22.2. The van der Waals surface area contributed by atoms with Gasteiger partial charge in [0.1, 0.15) is 0 Å². The van der Waals surface area contributed by atoms with Gasteiger partial charge in [-0.1, -0.05) is 214 Å². The molecule has 1 heterocycles. The van der Waals surface area contributed by atoms with Gasteiger partial charge in [-0.05, 0) is 106 Å². The topological polar surface area (TPSA) is 25.3 Å². The van der Waals surface area contributed by atoms with Gasteiger partial charge in [0.25, 0.3) is 0 Å². The second-order valence-corrected chi connectivity index (χ2v) is 20.4. The second-order valence-electron chi connectivity index (χ2n) is 20.4. The van der Waals surface area contributed by atoms with E-state index in [1.165, 1.54) is 175 Å². The molecule has 0 saturated carbocycles. The molecule has 0 amide bonds. The molecule has 0 bridgehead atoms. The van der Waals surface area contributed by atoms with Gasteiger partial charge in [0.2, 0.25) is 11.4 Å². The van der Waals surface area contributed by atoms with Crippen molar-refractivity contribution in [1.29, 1.82) is 0 Å². The van der Waals surface area contributed by atoms with Crippen LogP contribution in [0.25, 0.3) is 16.9 Å². The minimum atomic E-state index is 0. The summed E-state index contributed by atoms with van der Waals surface area (Å²) in [5.41, 5.74) is 22.2. The minimum absolute atomic E-state index is 0. The van der Waals surface area contributed by atoms with Crippen molar-refractivity contribution in [2.75, 3.05) is 0 Å². The summed E-state index contributed by atoms with van der Waals surface area (Å²) in [7, 11) is 0. The van der Waals surface area contributed by atoms with Crippen molar-refractivity contribution in [1.82, 2.24) is 0 Å². The molecule has 0 fully saturated rings. The summed E-state index contributed by atoms with van der Waals surface area (Å²) < 4.78 is 1.61. The molecule has 3 heteroatoms. The normalized spacial score (nSPS) is 12.7. The molecule has 1 aliphatic heterocycles. The number of rotatable bonds is 36. The van der Waals surface area contributed by atoms with E-state index in [1.54, 1.807) is 4.70 Å². The van der Waals surface area contributed by atoms with Gasteiger partial charge in [0.15, 0.2) is 0 Å². The van der Waals surface area contributed by atoms with Crippen molar-refractivity contribution < 1.29 is 21.2 Å². The third-order valence-electron chi connectivity index (χ3n) is 14.2. The number of nitrogens with zero attached hydrogens (tertiary/aromatic N) is 2. The molecule has 0 N–H and O–H groups in total. The molecule has 0 saturated heterocycles. The molecule has 71 heavy (non-hydrogen) atoms. The van der Waals surface area contributed by atoms with E-state index in [0.29, 0.717) is 11.8 Å². The number of hydrogen-bond acceptors (Lipinski definition) is 0. The molecule has 0 spiro atoms. The van der Waals surface area contributed by atoms with Crippen LogP contribution in [0.5, 0.6) is 0 Å². The number of aryl methyl sites for hydroxylation is 2. The number of hydrogen-bond donors (Lipinski definition) is 0. The Morgan fingerprint density at radius 3 is 1.18 bits per heavy atom. The van der Waals surface area contributed by atoms with Crippen LogP contribution in [0.4, 0.5) is 0 Å². The van der Waals surface area contributed by atoms with Gasteiger partial charge >= 0.3 is 16.5 Å². The Kier molecular flexibility index (Phi) is 46.2. The van der Waals surface area contributed by atoms with Crippen molar-refractivity contribution in [3.05, 3.63) is 101 Å². The smallest absolute Gasteiger partial charge is 0.493 e. The molecule has 1 aliphatic rings. The van der Waals surface area contributed by atoms with Crippen LogP contribution in [0.3, 0.4) is 0 Å². The summed E-state index contributed by atoms with van der Waals surface area (Å²) in [5, 5.41) is 0. The molecular weight excluding hydrogens is 903 g/mol. The molecule has 2 atom stereocenters. The second kappa shape index (κ2) is 48.1. The standard InChI is InChI=1S/C54H80N2.2C7H15.Ni/c1-7-13-18-20-22-24-26-34-45(32-15-9-3)41-43-47-36-28-30-39-50(47)53-49(12-6)52(38-17-11-5)54(56(53)55)51-40-31-29-37-48(51)44-42-46(33-16-10-4)35-27-25-23-21-19-14-8-2;2*1-3-5-7-6-4-2;/h28-31,36-37,39-40,45-46H,7-23,32-35,38,41-44H2,1-6H3;2*1,3-7H2,2H3;/q;2*-1;+2. The molecule has 2 aromatic carbocycles. The van der Waals surface area contributed by atoms with E-state index in [-0.39, 0.29) is 16.5 Å². The van der Waals surface area contributed by atoms with Crippen LogP contribution in [0.2, 0.25) is 0 Å². The van der Waals surface area contributed by atoms with Crippen LogP contribution < -0.4 is 0 Å². The third-order valence-corrected chi connectivity index (χ3v) is 14.2. The Labute approximate surface area is 453 Å². The van der Waals surface area contributed by atoms with Gasteiger partial charge < -0.3 is 19.4 Å². The maximum Gasteiger partial charge on any atom is 2.00 e. The quantitative estimate of drug-likeness (QED) is 0.0214. The Balaban J connectivity index is 0.00000284. The van der Waals surface area contributed by atoms with E-state index < -0.39 is 0 Å². The maximum atomic E-state index is 12.5. The van der Waals surface area contributed by atoms with Gasteiger partial charge in [-0.2, -0.15) is 12.8 Å². The van der Waals surface area contributed by atoms with Crippen molar-refractivity contribution in [3.8, 4) is 23.7 Å². The van der Waals surface area contributed by atoms with Crippen molar-refractivity contribution in [2.45, 2.75) is 287 Å². The minimum Gasteiger partial charge on any atom is -0.493 e. The fraction of sp³-hybridized carbons (Fsp3) is 0.676. The summed E-state index contributed by atoms with van der Waals surface area (Å²) in [6.07, 6.45) is 43.2.